The van der Waals surface area contributed by atoms with Crippen LogP contribution in [0, 0.1) is 6.92 Å². The summed E-state index contributed by atoms with van der Waals surface area (Å²) in [7, 11) is 0. The Hall–Kier alpha value is -1.02. The summed E-state index contributed by atoms with van der Waals surface area (Å²) in [6.45, 7) is 3.69. The molecule has 0 radical (unpaired) electrons. The first-order chi connectivity index (χ1) is 6.06. The van der Waals surface area contributed by atoms with Gasteiger partial charge in [0.15, 0.2) is 0 Å². The first kappa shape index (κ1) is 10.1. The van der Waals surface area contributed by atoms with Crippen LogP contribution in [0.1, 0.15) is 28.4 Å². The third kappa shape index (κ3) is 2.01. The predicted molar refractivity (Wildman–Crippen MR) is 52.5 cm³/mol. The predicted octanol–water partition coefficient (Wildman–Crippen LogP) is 2.91. The van der Waals surface area contributed by atoms with Crippen molar-refractivity contribution in [1.29, 1.82) is 0 Å². The average molecular weight is 199 g/mol. The molecule has 70 valence electrons. The van der Waals surface area contributed by atoms with Crippen LogP contribution in [-0.2, 0) is 6.42 Å². The Labute approximate surface area is 82.2 Å². The second-order valence-corrected chi connectivity index (χ2v) is 3.32. The summed E-state index contributed by atoms with van der Waals surface area (Å²) in [5.41, 5.74) is 1.92. The molecule has 13 heavy (non-hydrogen) atoms. The number of halogens is 1. The molecular weight excluding hydrogens is 188 g/mol. The lowest BCUT2D eigenvalue weighted by molar-refractivity contribution is 0.0696. The van der Waals surface area contributed by atoms with E-state index < -0.39 is 5.97 Å². The maximum atomic E-state index is 10.8. The van der Waals surface area contributed by atoms with Crippen molar-refractivity contribution in [3.63, 3.8) is 0 Å². The summed E-state index contributed by atoms with van der Waals surface area (Å²) < 4.78 is 0. The number of hydrogen-bond donors (Lipinski definition) is 1. The standard InChI is InChI=1S/C10H11ClO2/c1-3-7-5-8(10(12)13)6(2)4-9(7)11/h4-5H,3H2,1-2H3,(H,12,13). The second-order valence-electron chi connectivity index (χ2n) is 2.92. The molecule has 0 unspecified atom stereocenters. The van der Waals surface area contributed by atoms with Crippen molar-refractivity contribution in [2.75, 3.05) is 0 Å². The summed E-state index contributed by atoms with van der Waals surface area (Å²) >= 11 is 5.91. The smallest absolute Gasteiger partial charge is 0.335 e. The molecule has 0 aliphatic carbocycles. The molecule has 0 aliphatic rings. The van der Waals surface area contributed by atoms with Gasteiger partial charge in [-0.05, 0) is 36.6 Å². The van der Waals surface area contributed by atoms with Crippen molar-refractivity contribution in [3.8, 4) is 0 Å². The topological polar surface area (TPSA) is 37.3 Å². The molecule has 1 aromatic rings. The summed E-state index contributed by atoms with van der Waals surface area (Å²) in [5.74, 6) is -0.899. The second kappa shape index (κ2) is 3.79. The lowest BCUT2D eigenvalue weighted by atomic mass is 10.0. The molecule has 2 nitrogen and oxygen atoms in total. The molecular formula is C10H11ClO2. The van der Waals surface area contributed by atoms with Gasteiger partial charge in [0.2, 0.25) is 0 Å². The number of aromatic carboxylic acids is 1. The Bertz CT molecular complexity index is 345. The molecule has 0 bridgehead atoms. The SMILES string of the molecule is CCc1cc(C(=O)O)c(C)cc1Cl. The first-order valence-electron chi connectivity index (χ1n) is 4.08. The van der Waals surface area contributed by atoms with Gasteiger partial charge < -0.3 is 5.11 Å². The molecule has 1 rings (SSSR count). The average Bonchev–Trinajstić information content (AvgIpc) is 2.03. The van der Waals surface area contributed by atoms with Gasteiger partial charge >= 0.3 is 5.97 Å². The van der Waals surface area contributed by atoms with E-state index in [0.29, 0.717) is 16.1 Å². The van der Waals surface area contributed by atoms with Crippen molar-refractivity contribution in [2.45, 2.75) is 20.3 Å². The van der Waals surface area contributed by atoms with Gasteiger partial charge in [-0.3, -0.25) is 0 Å². The fraction of sp³-hybridized carbons (Fsp3) is 0.300. The van der Waals surface area contributed by atoms with Gasteiger partial charge in [-0.1, -0.05) is 18.5 Å². The van der Waals surface area contributed by atoms with E-state index >= 15 is 0 Å². The Kier molecular flexibility index (Phi) is 2.94. The van der Waals surface area contributed by atoms with Crippen LogP contribution in [0.5, 0.6) is 0 Å². The highest BCUT2D eigenvalue weighted by atomic mass is 35.5. The Morgan fingerprint density at radius 3 is 2.62 bits per heavy atom. The summed E-state index contributed by atoms with van der Waals surface area (Å²) in [6, 6.07) is 3.34. The van der Waals surface area contributed by atoms with Gasteiger partial charge in [0.25, 0.3) is 0 Å². The van der Waals surface area contributed by atoms with Gasteiger partial charge in [0.1, 0.15) is 0 Å². The lowest BCUT2D eigenvalue weighted by Crippen LogP contribution is -2.01. The highest BCUT2D eigenvalue weighted by Gasteiger charge is 2.09. The van der Waals surface area contributed by atoms with Crippen LogP contribution in [0.15, 0.2) is 12.1 Å². The molecule has 1 aromatic carbocycles. The minimum Gasteiger partial charge on any atom is -0.478 e. The van der Waals surface area contributed by atoms with Crippen molar-refractivity contribution in [1.82, 2.24) is 0 Å². The van der Waals surface area contributed by atoms with Crippen LogP contribution in [0.2, 0.25) is 5.02 Å². The minimum atomic E-state index is -0.899. The third-order valence-corrected chi connectivity index (χ3v) is 2.36. The zero-order chi connectivity index (χ0) is 10.0. The number of rotatable bonds is 2. The van der Waals surface area contributed by atoms with Crippen molar-refractivity contribution in [2.24, 2.45) is 0 Å². The Morgan fingerprint density at radius 1 is 1.54 bits per heavy atom. The van der Waals surface area contributed by atoms with E-state index in [1.807, 2.05) is 6.92 Å². The van der Waals surface area contributed by atoms with Gasteiger partial charge in [0.05, 0.1) is 5.56 Å². The first-order valence-corrected chi connectivity index (χ1v) is 4.46. The maximum Gasteiger partial charge on any atom is 0.335 e. The zero-order valence-corrected chi connectivity index (χ0v) is 8.35. The number of carboxylic acid groups (broad SMARTS) is 1. The molecule has 0 spiro atoms. The molecule has 1 N–H and O–H groups in total. The van der Waals surface area contributed by atoms with Gasteiger partial charge in [-0.15, -0.1) is 0 Å². The number of carbonyl (C=O) groups is 1. The summed E-state index contributed by atoms with van der Waals surface area (Å²) in [4.78, 5) is 10.8. The third-order valence-electron chi connectivity index (χ3n) is 2.00. The van der Waals surface area contributed by atoms with Crippen molar-refractivity contribution < 1.29 is 9.90 Å². The highest BCUT2D eigenvalue weighted by Crippen LogP contribution is 2.21. The summed E-state index contributed by atoms with van der Waals surface area (Å²) in [5, 5.41) is 9.48. The van der Waals surface area contributed by atoms with Crippen molar-refractivity contribution >= 4 is 17.6 Å². The molecule has 0 fully saturated rings. The summed E-state index contributed by atoms with van der Waals surface area (Å²) in [6.07, 6.45) is 0.749. The molecule has 0 amide bonds. The molecule has 0 heterocycles. The monoisotopic (exact) mass is 198 g/mol. The molecule has 0 saturated heterocycles. The quantitative estimate of drug-likeness (QED) is 0.794. The molecule has 0 aromatic heterocycles. The lowest BCUT2D eigenvalue weighted by Gasteiger charge is -2.05. The number of aryl methyl sites for hydroxylation is 2. The van der Waals surface area contributed by atoms with E-state index in [-0.39, 0.29) is 0 Å². The van der Waals surface area contributed by atoms with Crippen LogP contribution in [0.3, 0.4) is 0 Å². The van der Waals surface area contributed by atoms with E-state index in [1.165, 1.54) is 0 Å². The Balaban J connectivity index is 3.30. The van der Waals surface area contributed by atoms with Crippen molar-refractivity contribution in [3.05, 3.63) is 33.8 Å². The highest BCUT2D eigenvalue weighted by molar-refractivity contribution is 6.31. The maximum absolute atomic E-state index is 10.8. The molecule has 3 heteroatoms. The normalized spacial score (nSPS) is 10.1. The van der Waals surface area contributed by atoms with Crippen LogP contribution >= 0.6 is 11.6 Å². The fourth-order valence-electron chi connectivity index (χ4n) is 1.22. The van der Waals surface area contributed by atoms with E-state index in [4.69, 9.17) is 16.7 Å². The number of carboxylic acids is 1. The fourth-order valence-corrected chi connectivity index (χ4v) is 1.57. The number of benzene rings is 1. The van der Waals surface area contributed by atoms with Gasteiger partial charge in [-0.2, -0.15) is 0 Å². The zero-order valence-electron chi connectivity index (χ0n) is 7.60. The number of hydrogen-bond acceptors (Lipinski definition) is 1. The largest absolute Gasteiger partial charge is 0.478 e. The van der Waals surface area contributed by atoms with E-state index in [9.17, 15) is 4.79 Å². The van der Waals surface area contributed by atoms with Crippen LogP contribution in [-0.4, -0.2) is 11.1 Å². The minimum absolute atomic E-state index is 0.334. The van der Waals surface area contributed by atoms with Crippen LogP contribution in [0.25, 0.3) is 0 Å². The molecule has 0 atom stereocenters. The van der Waals surface area contributed by atoms with Gasteiger partial charge in [0, 0.05) is 5.02 Å². The van der Waals surface area contributed by atoms with Crippen LogP contribution in [0.4, 0.5) is 0 Å². The molecule has 0 saturated carbocycles. The van der Waals surface area contributed by atoms with E-state index in [0.717, 1.165) is 12.0 Å². The Morgan fingerprint density at radius 2 is 2.15 bits per heavy atom. The van der Waals surface area contributed by atoms with Crippen LogP contribution < -0.4 is 0 Å². The van der Waals surface area contributed by atoms with Gasteiger partial charge in [-0.25, -0.2) is 4.79 Å². The van der Waals surface area contributed by atoms with E-state index in [2.05, 4.69) is 0 Å². The van der Waals surface area contributed by atoms with E-state index in [1.54, 1.807) is 19.1 Å². The molecule has 0 aliphatic heterocycles.